The van der Waals surface area contributed by atoms with Crippen molar-refractivity contribution in [3.8, 4) is 0 Å². The molecule has 0 heterocycles. The maximum atomic E-state index is 12.5. The summed E-state index contributed by atoms with van der Waals surface area (Å²) < 4.78 is 0. The Kier molecular flexibility index (Phi) is 52.4. The molecule has 1 amide bonds. The fraction of sp³-hybridized carbons (Fsp3) is 0.982. The van der Waals surface area contributed by atoms with E-state index in [9.17, 15) is 20.1 Å². The van der Waals surface area contributed by atoms with Crippen LogP contribution in [-0.4, -0.2) is 46.1 Å². The molecule has 0 saturated carbocycles. The maximum Gasteiger partial charge on any atom is 0.220 e. The summed E-state index contributed by atoms with van der Waals surface area (Å²) in [4.78, 5) is 12.5. The highest BCUT2D eigenvalue weighted by atomic mass is 16.3. The van der Waals surface area contributed by atoms with Crippen molar-refractivity contribution in [2.45, 2.75) is 353 Å². The van der Waals surface area contributed by atoms with Crippen LogP contribution in [0.2, 0.25) is 0 Å². The highest BCUT2D eigenvalue weighted by Crippen LogP contribution is 2.19. The highest BCUT2D eigenvalue weighted by molar-refractivity contribution is 5.76. The molecule has 0 unspecified atom stereocenters. The predicted octanol–water partition coefficient (Wildman–Crippen LogP) is 17.7. The lowest BCUT2D eigenvalue weighted by Crippen LogP contribution is -2.50. The van der Waals surface area contributed by atoms with Gasteiger partial charge in [0, 0.05) is 6.42 Å². The number of nitrogens with one attached hydrogen (secondary N) is 1. The van der Waals surface area contributed by atoms with Crippen LogP contribution in [0.1, 0.15) is 335 Å². The van der Waals surface area contributed by atoms with Gasteiger partial charge < -0.3 is 20.6 Å². The summed E-state index contributed by atoms with van der Waals surface area (Å²) in [5.41, 5.74) is 0. The van der Waals surface area contributed by atoms with E-state index in [4.69, 9.17) is 0 Å². The topological polar surface area (TPSA) is 89.8 Å². The van der Waals surface area contributed by atoms with E-state index in [0.29, 0.717) is 12.8 Å². The van der Waals surface area contributed by atoms with Crippen LogP contribution in [0.4, 0.5) is 0 Å². The van der Waals surface area contributed by atoms with Crippen molar-refractivity contribution in [3.05, 3.63) is 0 Å². The van der Waals surface area contributed by atoms with E-state index < -0.39 is 18.2 Å². The molecule has 0 fully saturated rings. The van der Waals surface area contributed by atoms with E-state index >= 15 is 0 Å². The summed E-state index contributed by atoms with van der Waals surface area (Å²) in [6, 6.07) is -0.804. The monoisotopic (exact) mass is 878 g/mol. The van der Waals surface area contributed by atoms with E-state index in [2.05, 4.69) is 19.2 Å². The molecule has 4 N–H and O–H groups in total. The molecule has 0 aromatic heterocycles. The highest BCUT2D eigenvalue weighted by Gasteiger charge is 2.26. The molecule has 0 radical (unpaired) electrons. The van der Waals surface area contributed by atoms with Gasteiger partial charge in [0.15, 0.2) is 0 Å². The quantitative estimate of drug-likeness (QED) is 0.0458. The summed E-state index contributed by atoms with van der Waals surface area (Å²) in [5, 5.41) is 33.7. The van der Waals surface area contributed by atoms with Gasteiger partial charge in [0.2, 0.25) is 5.91 Å². The smallest absolute Gasteiger partial charge is 0.220 e. The molecular weight excluding hydrogens is 763 g/mol. The second-order valence-electron chi connectivity index (χ2n) is 20.2. The predicted molar refractivity (Wildman–Crippen MR) is 273 cm³/mol. The molecule has 0 aromatic rings. The van der Waals surface area contributed by atoms with Crippen LogP contribution >= 0.6 is 0 Å². The second kappa shape index (κ2) is 53.0. The van der Waals surface area contributed by atoms with Crippen LogP contribution in [0.15, 0.2) is 0 Å². The van der Waals surface area contributed by atoms with Gasteiger partial charge in [-0.2, -0.15) is 0 Å². The number of aliphatic hydroxyl groups excluding tert-OH is 3. The Morgan fingerprint density at radius 1 is 0.339 bits per heavy atom. The average Bonchev–Trinajstić information content (AvgIpc) is 3.28. The normalized spacial score (nSPS) is 13.2. The van der Waals surface area contributed by atoms with Crippen LogP contribution < -0.4 is 5.32 Å². The summed E-state index contributed by atoms with van der Waals surface area (Å²) in [6.45, 7) is 4.22. The first-order valence-corrected chi connectivity index (χ1v) is 28.8. The second-order valence-corrected chi connectivity index (χ2v) is 20.2. The number of aliphatic hydroxyl groups is 3. The van der Waals surface area contributed by atoms with Gasteiger partial charge >= 0.3 is 0 Å². The van der Waals surface area contributed by atoms with E-state index in [1.165, 1.54) is 276 Å². The van der Waals surface area contributed by atoms with Crippen molar-refractivity contribution < 1.29 is 20.1 Å². The molecule has 0 saturated heterocycles. The van der Waals surface area contributed by atoms with E-state index in [1.54, 1.807) is 0 Å². The minimum absolute atomic E-state index is 0.136. The van der Waals surface area contributed by atoms with E-state index in [-0.39, 0.29) is 12.5 Å². The van der Waals surface area contributed by atoms with Crippen molar-refractivity contribution >= 4 is 5.91 Å². The maximum absolute atomic E-state index is 12.5. The van der Waals surface area contributed by atoms with Gasteiger partial charge in [-0.25, -0.2) is 0 Å². The molecule has 5 nitrogen and oxygen atoms in total. The summed E-state index contributed by atoms with van der Waals surface area (Å²) >= 11 is 0. The number of hydrogen-bond acceptors (Lipinski definition) is 4. The number of carbonyl (C=O) groups excluding carboxylic acids is 1. The minimum atomic E-state index is -1.13. The van der Waals surface area contributed by atoms with Crippen molar-refractivity contribution in [2.24, 2.45) is 0 Å². The Morgan fingerprint density at radius 3 is 0.774 bits per heavy atom. The lowest BCUT2D eigenvalue weighted by molar-refractivity contribution is -0.124. The third-order valence-electron chi connectivity index (χ3n) is 14.0. The summed E-state index contributed by atoms with van der Waals surface area (Å²) in [5.74, 6) is -0.136. The van der Waals surface area contributed by atoms with Gasteiger partial charge in [-0.1, -0.05) is 316 Å². The fourth-order valence-corrected chi connectivity index (χ4v) is 9.52. The molecule has 0 aromatic carbocycles. The first-order valence-electron chi connectivity index (χ1n) is 28.8. The fourth-order valence-electron chi connectivity index (χ4n) is 9.52. The number of unbranched alkanes of at least 4 members (excludes halogenated alkanes) is 46. The molecule has 0 aliphatic heterocycles. The first-order chi connectivity index (χ1) is 30.6. The Labute approximate surface area is 389 Å². The SMILES string of the molecule is CCCCCCCCCCCCCCCCCCCCCCCCCCCCCCCCCCCC(=O)N[C@@H](CO)[C@H](O)[C@H](O)CCCCCCCCCCCCCCCCC. The average molecular weight is 879 g/mol. The van der Waals surface area contributed by atoms with Crippen molar-refractivity contribution in [1.29, 1.82) is 0 Å². The minimum Gasteiger partial charge on any atom is -0.394 e. The van der Waals surface area contributed by atoms with Gasteiger partial charge in [0.05, 0.1) is 18.8 Å². The van der Waals surface area contributed by atoms with Crippen molar-refractivity contribution in [2.75, 3.05) is 6.61 Å². The molecule has 62 heavy (non-hydrogen) atoms. The Hall–Kier alpha value is -0.650. The third kappa shape index (κ3) is 47.3. The number of amides is 1. The van der Waals surface area contributed by atoms with Gasteiger partial charge in [-0.05, 0) is 12.8 Å². The van der Waals surface area contributed by atoms with Crippen LogP contribution in [0.3, 0.4) is 0 Å². The molecule has 0 aliphatic rings. The molecular formula is C57H115NO4. The largest absolute Gasteiger partial charge is 0.394 e. The Balaban J connectivity index is 3.43. The molecule has 5 heteroatoms. The zero-order valence-corrected chi connectivity index (χ0v) is 42.5. The van der Waals surface area contributed by atoms with Gasteiger partial charge in [-0.3, -0.25) is 4.79 Å². The molecule has 0 rings (SSSR count). The van der Waals surface area contributed by atoms with Gasteiger partial charge in [0.25, 0.3) is 0 Å². The zero-order valence-electron chi connectivity index (χ0n) is 42.5. The van der Waals surface area contributed by atoms with Crippen LogP contribution in [0, 0.1) is 0 Å². The lowest BCUT2D eigenvalue weighted by atomic mass is 9.99. The zero-order chi connectivity index (χ0) is 45.1. The third-order valence-corrected chi connectivity index (χ3v) is 14.0. The molecule has 0 aliphatic carbocycles. The molecule has 0 bridgehead atoms. The van der Waals surface area contributed by atoms with Crippen LogP contribution in [-0.2, 0) is 4.79 Å². The number of carbonyl (C=O) groups is 1. The molecule has 3 atom stereocenters. The molecule has 0 spiro atoms. The van der Waals surface area contributed by atoms with Crippen LogP contribution in [0.25, 0.3) is 0 Å². The standard InChI is InChI=1S/C57H115NO4/c1-3-5-7-9-11-13-15-17-19-20-21-22-23-24-25-26-27-28-29-30-31-32-33-34-35-36-38-40-42-44-46-48-50-52-56(61)58-54(53-59)57(62)55(60)51-49-47-45-43-41-39-37-18-16-14-12-10-8-6-4-2/h54-55,57,59-60,62H,3-53H2,1-2H3,(H,58,61)/t54-,55+,57-/m0/s1. The number of hydrogen-bond donors (Lipinski definition) is 4. The van der Waals surface area contributed by atoms with E-state index in [0.717, 1.165) is 32.1 Å². The number of rotatable bonds is 54. The Morgan fingerprint density at radius 2 is 0.548 bits per heavy atom. The van der Waals surface area contributed by atoms with Crippen molar-refractivity contribution in [1.82, 2.24) is 5.32 Å². The Bertz CT molecular complexity index is 838. The summed E-state index contributed by atoms with van der Waals surface area (Å²) in [6.07, 6.45) is 64.2. The van der Waals surface area contributed by atoms with Crippen LogP contribution in [0.5, 0.6) is 0 Å². The van der Waals surface area contributed by atoms with Crippen molar-refractivity contribution in [3.63, 3.8) is 0 Å². The van der Waals surface area contributed by atoms with E-state index in [1.807, 2.05) is 0 Å². The van der Waals surface area contributed by atoms with Gasteiger partial charge in [0.1, 0.15) is 6.10 Å². The molecule has 372 valence electrons. The first kappa shape index (κ1) is 61.4. The lowest BCUT2D eigenvalue weighted by Gasteiger charge is -2.26. The van der Waals surface area contributed by atoms with Gasteiger partial charge in [-0.15, -0.1) is 0 Å². The summed E-state index contributed by atoms with van der Waals surface area (Å²) in [7, 11) is 0.